The number of nitro benzene ring substituents is 1. The molecule has 0 aliphatic carbocycles. The molecule has 0 saturated heterocycles. The molecular formula is C17H14BrN5O4. The maximum Gasteiger partial charge on any atom is 0.311 e. The summed E-state index contributed by atoms with van der Waals surface area (Å²) >= 11 is 3.36. The molecule has 0 radical (unpaired) electrons. The molecule has 0 aliphatic heterocycles. The summed E-state index contributed by atoms with van der Waals surface area (Å²) < 4.78 is 7.40. The van der Waals surface area contributed by atoms with Crippen LogP contribution >= 0.6 is 15.9 Å². The monoisotopic (exact) mass is 431 g/mol. The van der Waals surface area contributed by atoms with E-state index in [0.717, 1.165) is 4.47 Å². The molecule has 1 N–H and O–H groups in total. The number of aromatic nitrogens is 2. The van der Waals surface area contributed by atoms with E-state index in [9.17, 15) is 14.9 Å². The summed E-state index contributed by atoms with van der Waals surface area (Å²) in [6.07, 6.45) is 3.06. The van der Waals surface area contributed by atoms with Gasteiger partial charge in [-0.05, 0) is 47.1 Å². The van der Waals surface area contributed by atoms with Crippen LogP contribution in [0.15, 0.2) is 46.1 Å². The highest BCUT2D eigenvalue weighted by atomic mass is 79.9. The van der Waals surface area contributed by atoms with Gasteiger partial charge in [0.2, 0.25) is 0 Å². The lowest BCUT2D eigenvalue weighted by Gasteiger charge is -2.03. The molecule has 2 heterocycles. The second kappa shape index (κ2) is 7.54. The number of nitro groups is 1. The first-order valence-electron chi connectivity index (χ1n) is 7.70. The van der Waals surface area contributed by atoms with E-state index in [1.807, 2.05) is 6.07 Å². The van der Waals surface area contributed by atoms with Crippen molar-refractivity contribution < 1.29 is 14.5 Å². The van der Waals surface area contributed by atoms with Crippen molar-refractivity contribution in [2.45, 2.75) is 6.92 Å². The van der Waals surface area contributed by atoms with Crippen LogP contribution in [0, 0.1) is 17.0 Å². The third-order valence-corrected chi connectivity index (χ3v) is 4.22. The number of carbonyl (C=O) groups is 1. The molecule has 1 aromatic carbocycles. The number of nitrogens with one attached hydrogen (secondary N) is 1. The van der Waals surface area contributed by atoms with Gasteiger partial charge in [-0.1, -0.05) is 0 Å². The van der Waals surface area contributed by atoms with Crippen LogP contribution in [0.5, 0.6) is 5.75 Å². The van der Waals surface area contributed by atoms with Gasteiger partial charge in [0.15, 0.2) is 5.75 Å². The molecule has 0 spiro atoms. The van der Waals surface area contributed by atoms with Crippen molar-refractivity contribution in [2.75, 3.05) is 7.11 Å². The second-order valence-electron chi connectivity index (χ2n) is 5.51. The van der Waals surface area contributed by atoms with E-state index in [1.165, 1.54) is 25.5 Å². The van der Waals surface area contributed by atoms with Gasteiger partial charge in [-0.25, -0.2) is 10.4 Å². The summed E-state index contributed by atoms with van der Waals surface area (Å²) in [7, 11) is 1.35. The quantitative estimate of drug-likeness (QED) is 0.379. The molecule has 2 aromatic heterocycles. The number of hydrogen-bond donors (Lipinski definition) is 1. The Balaban J connectivity index is 1.82. The summed E-state index contributed by atoms with van der Waals surface area (Å²) in [5, 5.41) is 14.9. The van der Waals surface area contributed by atoms with E-state index < -0.39 is 10.8 Å². The average Bonchev–Trinajstić information content (AvgIpc) is 2.96. The first-order chi connectivity index (χ1) is 12.9. The largest absolute Gasteiger partial charge is 0.490 e. The van der Waals surface area contributed by atoms with Gasteiger partial charge < -0.3 is 4.74 Å². The number of amides is 1. The Morgan fingerprint density at radius 3 is 2.89 bits per heavy atom. The van der Waals surface area contributed by atoms with Gasteiger partial charge in [0, 0.05) is 22.3 Å². The molecule has 9 nitrogen and oxygen atoms in total. The third kappa shape index (κ3) is 3.80. The summed E-state index contributed by atoms with van der Waals surface area (Å²) in [5.74, 6) is -0.300. The normalized spacial score (nSPS) is 11.1. The Bertz CT molecular complexity index is 1080. The van der Waals surface area contributed by atoms with Crippen molar-refractivity contribution in [1.82, 2.24) is 14.8 Å². The Morgan fingerprint density at radius 2 is 2.19 bits per heavy atom. The number of hydrogen-bond acceptors (Lipinski definition) is 6. The Hall–Kier alpha value is -3.27. The number of nitrogens with zero attached hydrogens (tertiary/aromatic N) is 4. The molecule has 3 rings (SSSR count). The number of aryl methyl sites for hydroxylation is 1. The topological polar surface area (TPSA) is 111 Å². The minimum atomic E-state index is -0.547. The lowest BCUT2D eigenvalue weighted by Crippen LogP contribution is -2.20. The van der Waals surface area contributed by atoms with Gasteiger partial charge in [-0.3, -0.25) is 19.3 Å². The molecule has 10 heteroatoms. The maximum atomic E-state index is 12.5. The van der Waals surface area contributed by atoms with Crippen molar-refractivity contribution in [3.05, 3.63) is 68.1 Å². The Labute approximate surface area is 161 Å². The van der Waals surface area contributed by atoms with Crippen LogP contribution in [-0.2, 0) is 0 Å². The lowest BCUT2D eigenvalue weighted by molar-refractivity contribution is -0.385. The first kappa shape index (κ1) is 18.5. The molecule has 0 bridgehead atoms. The summed E-state index contributed by atoms with van der Waals surface area (Å²) in [4.78, 5) is 27.3. The fraction of sp³-hybridized carbons (Fsp3) is 0.118. The number of ether oxygens (including phenoxy) is 1. The molecular weight excluding hydrogens is 418 g/mol. The van der Waals surface area contributed by atoms with Crippen LogP contribution in [-0.4, -0.2) is 33.5 Å². The van der Waals surface area contributed by atoms with E-state index in [0.29, 0.717) is 22.6 Å². The van der Waals surface area contributed by atoms with Gasteiger partial charge >= 0.3 is 5.69 Å². The van der Waals surface area contributed by atoms with Gasteiger partial charge in [-0.2, -0.15) is 5.10 Å². The first-order valence-corrected chi connectivity index (χ1v) is 8.50. The highest BCUT2D eigenvalue weighted by molar-refractivity contribution is 9.10. The number of methoxy groups -OCH3 is 1. The minimum absolute atomic E-state index is 0.146. The van der Waals surface area contributed by atoms with E-state index >= 15 is 0 Å². The summed E-state index contributed by atoms with van der Waals surface area (Å²) in [6.45, 7) is 1.73. The van der Waals surface area contributed by atoms with Crippen molar-refractivity contribution in [3.63, 3.8) is 0 Å². The SMILES string of the molecule is COc1ccc(/C=N\NC(=O)c2c(C)nc3ccc(Br)cn23)cc1[N+](=O)[O-]. The zero-order valence-corrected chi connectivity index (χ0v) is 15.9. The molecule has 0 fully saturated rings. The fourth-order valence-corrected chi connectivity index (χ4v) is 2.90. The number of rotatable bonds is 5. The number of imidazole rings is 1. The van der Waals surface area contributed by atoms with Crippen LogP contribution in [0.4, 0.5) is 5.69 Å². The highest BCUT2D eigenvalue weighted by Crippen LogP contribution is 2.26. The molecule has 0 unspecified atom stereocenters. The van der Waals surface area contributed by atoms with Crippen molar-refractivity contribution in [2.24, 2.45) is 5.10 Å². The standard InChI is InChI=1S/C17H14BrN5O4/c1-10-16(22-9-12(18)4-6-15(22)20-10)17(24)21-19-8-11-3-5-14(27-2)13(7-11)23(25)26/h3-9H,1-2H3,(H,21,24)/b19-8-. The van der Waals surface area contributed by atoms with E-state index in [4.69, 9.17) is 4.74 Å². The summed E-state index contributed by atoms with van der Waals surface area (Å²) in [5.41, 5.74) is 4.22. The van der Waals surface area contributed by atoms with Gasteiger partial charge in [0.05, 0.1) is 23.9 Å². The molecule has 27 heavy (non-hydrogen) atoms. The van der Waals surface area contributed by atoms with Crippen molar-refractivity contribution >= 4 is 39.4 Å². The average molecular weight is 432 g/mol. The van der Waals surface area contributed by atoms with Crippen LogP contribution in [0.3, 0.4) is 0 Å². The maximum absolute atomic E-state index is 12.5. The zero-order chi connectivity index (χ0) is 19.6. The van der Waals surface area contributed by atoms with Gasteiger partial charge in [0.1, 0.15) is 11.3 Å². The number of benzene rings is 1. The Kier molecular flexibility index (Phi) is 5.17. The van der Waals surface area contributed by atoms with Crippen molar-refractivity contribution in [1.29, 1.82) is 0 Å². The predicted octanol–water partition coefficient (Wildman–Crippen LogP) is 3.09. The fourth-order valence-electron chi connectivity index (χ4n) is 2.56. The van der Waals surface area contributed by atoms with E-state index in [-0.39, 0.29) is 11.4 Å². The summed E-state index contributed by atoms with van der Waals surface area (Å²) in [6, 6.07) is 7.99. The minimum Gasteiger partial charge on any atom is -0.490 e. The van der Waals surface area contributed by atoms with Crippen LogP contribution in [0.25, 0.3) is 5.65 Å². The number of hydrazone groups is 1. The molecule has 1 amide bonds. The predicted molar refractivity (Wildman–Crippen MR) is 102 cm³/mol. The van der Waals surface area contributed by atoms with Gasteiger partial charge in [0.25, 0.3) is 5.91 Å². The molecule has 3 aromatic rings. The van der Waals surface area contributed by atoms with Crippen LogP contribution in [0.2, 0.25) is 0 Å². The Morgan fingerprint density at radius 1 is 1.41 bits per heavy atom. The zero-order valence-electron chi connectivity index (χ0n) is 14.3. The number of pyridine rings is 1. The molecule has 0 aliphatic rings. The smallest absolute Gasteiger partial charge is 0.311 e. The lowest BCUT2D eigenvalue weighted by atomic mass is 10.2. The third-order valence-electron chi connectivity index (χ3n) is 3.75. The molecule has 138 valence electrons. The van der Waals surface area contributed by atoms with E-state index in [1.54, 1.807) is 29.7 Å². The van der Waals surface area contributed by atoms with Crippen molar-refractivity contribution in [3.8, 4) is 5.75 Å². The van der Waals surface area contributed by atoms with Crippen LogP contribution in [0.1, 0.15) is 21.7 Å². The number of carbonyl (C=O) groups excluding carboxylic acids is 1. The number of halogens is 1. The molecule has 0 saturated carbocycles. The second-order valence-corrected chi connectivity index (χ2v) is 6.42. The molecule has 0 atom stereocenters. The highest BCUT2D eigenvalue weighted by Gasteiger charge is 2.17. The van der Waals surface area contributed by atoms with Gasteiger partial charge in [-0.15, -0.1) is 0 Å². The van der Waals surface area contributed by atoms with Crippen LogP contribution < -0.4 is 10.2 Å². The number of fused-ring (bicyclic) bond motifs is 1. The van der Waals surface area contributed by atoms with E-state index in [2.05, 4.69) is 31.4 Å².